The molecule has 2 aromatic heterocycles. The fourth-order valence-electron chi connectivity index (χ4n) is 4.02. The fourth-order valence-corrected chi connectivity index (χ4v) is 4.02. The monoisotopic (exact) mass is 396 g/mol. The van der Waals surface area contributed by atoms with Crippen LogP contribution in [-0.4, -0.2) is 22.6 Å². The van der Waals surface area contributed by atoms with Crippen LogP contribution in [0.15, 0.2) is 72.9 Å². The molecule has 150 valence electrons. The Kier molecular flexibility index (Phi) is 4.83. The van der Waals surface area contributed by atoms with Crippen LogP contribution >= 0.6 is 0 Å². The van der Waals surface area contributed by atoms with Gasteiger partial charge in [-0.25, -0.2) is 9.78 Å². The minimum atomic E-state index is -0.359. The third kappa shape index (κ3) is 3.73. The molecule has 1 fully saturated rings. The van der Waals surface area contributed by atoms with Crippen LogP contribution in [0.3, 0.4) is 0 Å². The molecular formula is C26H24N2O2. The van der Waals surface area contributed by atoms with E-state index < -0.39 is 0 Å². The third-order valence-electron chi connectivity index (χ3n) is 5.80. The maximum Gasteiger partial charge on any atom is 0.356 e. The molecule has 2 aromatic carbocycles. The number of hydrogen-bond acceptors (Lipinski definition) is 3. The van der Waals surface area contributed by atoms with E-state index in [1.54, 1.807) is 0 Å². The molecule has 0 aliphatic heterocycles. The summed E-state index contributed by atoms with van der Waals surface area (Å²) in [5, 5.41) is 1.20. The van der Waals surface area contributed by atoms with E-state index in [4.69, 9.17) is 4.74 Å². The van der Waals surface area contributed by atoms with Crippen LogP contribution < -0.4 is 0 Å². The molecule has 5 rings (SSSR count). The van der Waals surface area contributed by atoms with Gasteiger partial charge in [0.15, 0.2) is 5.69 Å². The number of methoxy groups -OCH3 is 1. The highest BCUT2D eigenvalue weighted by Gasteiger charge is 2.27. The van der Waals surface area contributed by atoms with Crippen LogP contribution in [-0.2, 0) is 17.7 Å². The van der Waals surface area contributed by atoms with Gasteiger partial charge in [0.2, 0.25) is 0 Å². The number of esters is 1. The summed E-state index contributed by atoms with van der Waals surface area (Å²) in [6, 6.07) is 23.2. The van der Waals surface area contributed by atoms with Crippen molar-refractivity contribution < 1.29 is 9.53 Å². The Morgan fingerprint density at radius 3 is 2.63 bits per heavy atom. The molecule has 1 saturated carbocycles. The lowest BCUT2D eigenvalue weighted by Crippen LogP contribution is -2.10. The first kappa shape index (κ1) is 18.6. The molecular weight excluding hydrogens is 372 g/mol. The van der Waals surface area contributed by atoms with Crippen molar-refractivity contribution in [2.24, 2.45) is 0 Å². The maximum absolute atomic E-state index is 12.3. The van der Waals surface area contributed by atoms with Gasteiger partial charge in [0, 0.05) is 29.9 Å². The molecule has 30 heavy (non-hydrogen) atoms. The first-order valence-corrected chi connectivity index (χ1v) is 10.4. The summed E-state index contributed by atoms with van der Waals surface area (Å²) in [4.78, 5) is 17.0. The zero-order chi connectivity index (χ0) is 20.5. The van der Waals surface area contributed by atoms with Crippen molar-refractivity contribution in [2.45, 2.75) is 31.7 Å². The summed E-state index contributed by atoms with van der Waals surface area (Å²) >= 11 is 0. The minimum Gasteiger partial charge on any atom is -0.464 e. The highest BCUT2D eigenvalue weighted by molar-refractivity contribution is 5.89. The normalized spacial score (nSPS) is 13.5. The standard InChI is InChI=1S/C26H24N2O2/c1-30-26(29)25-22(10-11-23(27-25)20-8-9-20)16-19-7-12-24-21(15-19)13-14-28(24)17-18-5-3-2-4-6-18/h2-7,10-15,20H,8-9,16-17H2,1H3. The number of fused-ring (bicyclic) bond motifs is 1. The predicted octanol–water partition coefficient (Wildman–Crippen LogP) is 5.34. The predicted molar refractivity (Wildman–Crippen MR) is 118 cm³/mol. The average Bonchev–Trinajstić information content (AvgIpc) is 3.56. The van der Waals surface area contributed by atoms with E-state index in [0.717, 1.165) is 36.2 Å². The first-order valence-electron chi connectivity index (χ1n) is 10.4. The number of ether oxygens (including phenoxy) is 1. The van der Waals surface area contributed by atoms with Crippen molar-refractivity contribution in [3.63, 3.8) is 0 Å². The number of carbonyl (C=O) groups excluding carboxylic acids is 1. The van der Waals surface area contributed by atoms with Crippen LogP contribution in [0.4, 0.5) is 0 Å². The van der Waals surface area contributed by atoms with Crippen LogP contribution in [0.5, 0.6) is 0 Å². The van der Waals surface area contributed by atoms with Gasteiger partial charge < -0.3 is 9.30 Å². The van der Waals surface area contributed by atoms with Crippen molar-refractivity contribution in [1.29, 1.82) is 0 Å². The molecule has 4 aromatic rings. The Morgan fingerprint density at radius 1 is 1.03 bits per heavy atom. The van der Waals surface area contributed by atoms with E-state index in [9.17, 15) is 4.79 Å². The van der Waals surface area contributed by atoms with E-state index in [-0.39, 0.29) is 5.97 Å². The summed E-state index contributed by atoms with van der Waals surface area (Å²) in [6.45, 7) is 0.850. The molecule has 4 heteroatoms. The van der Waals surface area contributed by atoms with Crippen molar-refractivity contribution >= 4 is 16.9 Å². The van der Waals surface area contributed by atoms with Gasteiger partial charge in [-0.1, -0.05) is 42.5 Å². The lowest BCUT2D eigenvalue weighted by molar-refractivity contribution is 0.0592. The summed E-state index contributed by atoms with van der Waals surface area (Å²) in [7, 11) is 1.42. The molecule has 1 aliphatic rings. The Labute approximate surface area is 176 Å². The van der Waals surface area contributed by atoms with E-state index in [2.05, 4.69) is 70.3 Å². The Morgan fingerprint density at radius 2 is 1.87 bits per heavy atom. The fraction of sp³-hybridized carbons (Fsp3) is 0.231. The maximum atomic E-state index is 12.3. The molecule has 0 N–H and O–H groups in total. The van der Waals surface area contributed by atoms with E-state index in [0.29, 0.717) is 18.0 Å². The van der Waals surface area contributed by atoms with Crippen LogP contribution in [0.1, 0.15) is 51.6 Å². The molecule has 4 nitrogen and oxygen atoms in total. The summed E-state index contributed by atoms with van der Waals surface area (Å²) in [5.74, 6) is 0.144. The number of benzene rings is 2. The van der Waals surface area contributed by atoms with Gasteiger partial charge in [0.05, 0.1) is 7.11 Å². The van der Waals surface area contributed by atoms with Gasteiger partial charge in [-0.05, 0) is 65.6 Å². The molecule has 2 heterocycles. The Bertz CT molecular complexity index is 1210. The van der Waals surface area contributed by atoms with Gasteiger partial charge in [-0.3, -0.25) is 0 Å². The first-order chi connectivity index (χ1) is 14.7. The number of nitrogens with zero attached hydrogens (tertiary/aromatic N) is 2. The Balaban J connectivity index is 1.42. The Hall–Kier alpha value is -3.40. The molecule has 0 amide bonds. The number of rotatable bonds is 6. The van der Waals surface area contributed by atoms with Crippen LogP contribution in [0, 0.1) is 0 Å². The van der Waals surface area contributed by atoms with Crippen molar-refractivity contribution in [2.75, 3.05) is 7.11 Å². The lowest BCUT2D eigenvalue weighted by Gasteiger charge is -2.10. The molecule has 1 aliphatic carbocycles. The number of carbonyl (C=O) groups is 1. The average molecular weight is 396 g/mol. The number of pyridine rings is 1. The quantitative estimate of drug-likeness (QED) is 0.413. The number of hydrogen-bond donors (Lipinski definition) is 0. The molecule has 0 radical (unpaired) electrons. The van der Waals surface area contributed by atoms with Gasteiger partial charge in [0.1, 0.15) is 0 Å². The van der Waals surface area contributed by atoms with Crippen molar-refractivity contribution in [1.82, 2.24) is 9.55 Å². The molecule has 0 spiro atoms. The zero-order valence-electron chi connectivity index (χ0n) is 17.0. The van der Waals surface area contributed by atoms with E-state index in [1.165, 1.54) is 23.6 Å². The van der Waals surface area contributed by atoms with Crippen molar-refractivity contribution in [3.8, 4) is 0 Å². The SMILES string of the molecule is COC(=O)c1nc(C2CC2)ccc1Cc1ccc2c(ccn2Cc2ccccc2)c1. The van der Waals surface area contributed by atoms with Crippen LogP contribution in [0.2, 0.25) is 0 Å². The molecule has 0 saturated heterocycles. The van der Waals surface area contributed by atoms with Crippen LogP contribution in [0.25, 0.3) is 10.9 Å². The zero-order valence-corrected chi connectivity index (χ0v) is 17.0. The van der Waals surface area contributed by atoms with Gasteiger partial charge in [0.25, 0.3) is 0 Å². The third-order valence-corrected chi connectivity index (χ3v) is 5.80. The lowest BCUT2D eigenvalue weighted by atomic mass is 10.0. The topological polar surface area (TPSA) is 44.1 Å². The molecule has 0 atom stereocenters. The molecule has 0 bridgehead atoms. The van der Waals surface area contributed by atoms with Gasteiger partial charge >= 0.3 is 5.97 Å². The van der Waals surface area contributed by atoms with E-state index in [1.807, 2.05) is 12.1 Å². The second-order valence-corrected chi connectivity index (χ2v) is 8.01. The minimum absolute atomic E-state index is 0.359. The largest absolute Gasteiger partial charge is 0.464 e. The van der Waals surface area contributed by atoms with Gasteiger partial charge in [-0.15, -0.1) is 0 Å². The summed E-state index contributed by atoms with van der Waals surface area (Å²) < 4.78 is 7.26. The highest BCUT2D eigenvalue weighted by atomic mass is 16.5. The second-order valence-electron chi connectivity index (χ2n) is 8.01. The second kappa shape index (κ2) is 7.79. The number of aromatic nitrogens is 2. The van der Waals surface area contributed by atoms with Gasteiger partial charge in [-0.2, -0.15) is 0 Å². The van der Waals surface area contributed by atoms with E-state index >= 15 is 0 Å². The smallest absolute Gasteiger partial charge is 0.356 e. The summed E-state index contributed by atoms with van der Waals surface area (Å²) in [5.41, 5.74) is 6.01. The van der Waals surface area contributed by atoms with Crippen molar-refractivity contribution in [3.05, 3.63) is 101 Å². The molecule has 0 unspecified atom stereocenters. The summed E-state index contributed by atoms with van der Waals surface area (Å²) in [6.07, 6.45) is 5.10. The highest BCUT2D eigenvalue weighted by Crippen LogP contribution is 2.39.